The van der Waals surface area contributed by atoms with Crippen LogP contribution < -0.4 is 5.73 Å². The van der Waals surface area contributed by atoms with Crippen LogP contribution in [0.15, 0.2) is 24.3 Å². The highest BCUT2D eigenvalue weighted by atomic mass is 35.5. The fourth-order valence-electron chi connectivity index (χ4n) is 1.09. The van der Waals surface area contributed by atoms with Gasteiger partial charge in [0.05, 0.1) is 6.42 Å². The van der Waals surface area contributed by atoms with Gasteiger partial charge in [0.25, 0.3) is 0 Å². The van der Waals surface area contributed by atoms with Crippen LogP contribution in [0.3, 0.4) is 0 Å². The molecule has 0 aliphatic carbocycles. The topological polar surface area (TPSA) is 46.2 Å². The molecule has 15 heavy (non-hydrogen) atoms. The molecular weight excluding hydrogens is 231 g/mol. The summed E-state index contributed by atoms with van der Waals surface area (Å²) in [7, 11) is 0. The van der Waals surface area contributed by atoms with Crippen LogP contribution in [-0.4, -0.2) is 11.3 Å². The Kier molecular flexibility index (Phi) is 4.90. The zero-order chi connectivity index (χ0) is 10.8. The van der Waals surface area contributed by atoms with Gasteiger partial charge in [0.15, 0.2) is 0 Å². The molecule has 0 fully saturated rings. The van der Waals surface area contributed by atoms with Gasteiger partial charge in [-0.05, 0) is 17.7 Å². The summed E-state index contributed by atoms with van der Waals surface area (Å²) in [5.41, 5.74) is 5.69. The van der Waals surface area contributed by atoms with Crippen molar-refractivity contribution in [3.8, 4) is 5.75 Å². The summed E-state index contributed by atoms with van der Waals surface area (Å²) in [6.45, 7) is 0. The first-order valence-corrected chi connectivity index (χ1v) is 4.00. The third-order valence-corrected chi connectivity index (χ3v) is 1.77. The molecular formula is C9H11ClF3NO. The fourth-order valence-corrected chi connectivity index (χ4v) is 1.09. The Morgan fingerprint density at radius 1 is 1.20 bits per heavy atom. The molecule has 0 unspecified atom stereocenters. The van der Waals surface area contributed by atoms with Crippen LogP contribution in [0.2, 0.25) is 0 Å². The summed E-state index contributed by atoms with van der Waals surface area (Å²) >= 11 is 0. The van der Waals surface area contributed by atoms with Crippen LogP contribution in [0.25, 0.3) is 0 Å². The zero-order valence-electron chi connectivity index (χ0n) is 7.66. The van der Waals surface area contributed by atoms with Crippen LogP contribution in [0.5, 0.6) is 5.75 Å². The number of benzene rings is 1. The summed E-state index contributed by atoms with van der Waals surface area (Å²) in [5, 5.41) is 8.91. The van der Waals surface area contributed by atoms with Gasteiger partial charge in [0.1, 0.15) is 5.75 Å². The monoisotopic (exact) mass is 241 g/mol. The fraction of sp³-hybridized carbons (Fsp3) is 0.333. The summed E-state index contributed by atoms with van der Waals surface area (Å²) in [6.07, 6.45) is -5.32. The Morgan fingerprint density at radius 3 is 2.07 bits per heavy atom. The van der Waals surface area contributed by atoms with Gasteiger partial charge in [-0.1, -0.05) is 12.1 Å². The molecule has 0 saturated heterocycles. The van der Waals surface area contributed by atoms with Crippen molar-refractivity contribution in [1.29, 1.82) is 0 Å². The highest BCUT2D eigenvalue weighted by molar-refractivity contribution is 5.85. The largest absolute Gasteiger partial charge is 0.508 e. The molecule has 0 aliphatic rings. The molecule has 3 N–H and O–H groups in total. The molecule has 1 rings (SSSR count). The predicted molar refractivity (Wildman–Crippen MR) is 53.0 cm³/mol. The molecule has 0 aromatic heterocycles. The maximum absolute atomic E-state index is 11.9. The van der Waals surface area contributed by atoms with Gasteiger partial charge in [-0.15, -0.1) is 12.4 Å². The molecule has 0 bridgehead atoms. The summed E-state index contributed by atoms with van der Waals surface area (Å²) in [4.78, 5) is 0. The lowest BCUT2D eigenvalue weighted by molar-refractivity contribution is -0.138. The van der Waals surface area contributed by atoms with Crippen LogP contribution in [0.1, 0.15) is 18.0 Å². The van der Waals surface area contributed by atoms with Gasteiger partial charge in [-0.25, -0.2) is 0 Å². The number of nitrogens with two attached hydrogens (primary N) is 1. The van der Waals surface area contributed by atoms with Gasteiger partial charge in [-0.3, -0.25) is 0 Å². The van der Waals surface area contributed by atoms with E-state index < -0.39 is 18.6 Å². The van der Waals surface area contributed by atoms with E-state index in [1.807, 2.05) is 0 Å². The van der Waals surface area contributed by atoms with E-state index in [2.05, 4.69) is 0 Å². The lowest BCUT2D eigenvalue weighted by Gasteiger charge is -2.14. The quantitative estimate of drug-likeness (QED) is 0.836. The van der Waals surface area contributed by atoms with Crippen LogP contribution in [0, 0.1) is 0 Å². The Morgan fingerprint density at radius 2 is 1.67 bits per heavy atom. The SMILES string of the molecule is Cl.N[C@@H](CC(F)(F)F)c1ccc(O)cc1. The van der Waals surface area contributed by atoms with Crippen molar-refractivity contribution in [2.75, 3.05) is 0 Å². The molecule has 0 heterocycles. The van der Waals surface area contributed by atoms with E-state index in [1.165, 1.54) is 24.3 Å². The Hall–Kier alpha value is -0.940. The van der Waals surface area contributed by atoms with Crippen molar-refractivity contribution in [2.45, 2.75) is 18.6 Å². The van der Waals surface area contributed by atoms with Crippen molar-refractivity contribution in [3.63, 3.8) is 0 Å². The normalized spacial score (nSPS) is 13.1. The average molecular weight is 242 g/mol. The highest BCUT2D eigenvalue weighted by Gasteiger charge is 2.30. The van der Waals surface area contributed by atoms with Gasteiger partial charge in [0, 0.05) is 6.04 Å². The van der Waals surface area contributed by atoms with Gasteiger partial charge in [-0.2, -0.15) is 13.2 Å². The van der Waals surface area contributed by atoms with E-state index >= 15 is 0 Å². The summed E-state index contributed by atoms with van der Waals surface area (Å²) in [5.74, 6) is 0.00737. The molecule has 0 amide bonds. The molecule has 1 aromatic carbocycles. The Labute approximate surface area is 91.3 Å². The van der Waals surface area contributed by atoms with Crippen LogP contribution in [0.4, 0.5) is 13.2 Å². The first-order valence-electron chi connectivity index (χ1n) is 4.00. The molecule has 86 valence electrons. The molecule has 0 aliphatic heterocycles. The Balaban J connectivity index is 0.00000196. The second-order valence-electron chi connectivity index (χ2n) is 3.02. The molecule has 0 saturated carbocycles. The Bertz CT molecular complexity index is 299. The minimum Gasteiger partial charge on any atom is -0.508 e. The minimum atomic E-state index is -4.27. The first-order chi connectivity index (χ1) is 6.38. The second-order valence-corrected chi connectivity index (χ2v) is 3.02. The van der Waals surface area contributed by atoms with Crippen molar-refractivity contribution in [1.82, 2.24) is 0 Å². The highest BCUT2D eigenvalue weighted by Crippen LogP contribution is 2.28. The number of hydrogen-bond acceptors (Lipinski definition) is 2. The smallest absolute Gasteiger partial charge is 0.390 e. The van der Waals surface area contributed by atoms with Crippen molar-refractivity contribution in [2.24, 2.45) is 5.73 Å². The molecule has 1 atom stereocenters. The van der Waals surface area contributed by atoms with Crippen molar-refractivity contribution >= 4 is 12.4 Å². The molecule has 0 radical (unpaired) electrons. The van der Waals surface area contributed by atoms with E-state index in [-0.39, 0.29) is 18.2 Å². The third kappa shape index (κ3) is 4.90. The average Bonchev–Trinajstić information content (AvgIpc) is 2.02. The van der Waals surface area contributed by atoms with Crippen molar-refractivity contribution in [3.05, 3.63) is 29.8 Å². The number of alkyl halides is 3. The number of rotatable bonds is 2. The number of hydrogen-bond donors (Lipinski definition) is 2. The zero-order valence-corrected chi connectivity index (χ0v) is 8.48. The summed E-state index contributed by atoms with van der Waals surface area (Å²) in [6, 6.07) is 4.31. The summed E-state index contributed by atoms with van der Waals surface area (Å²) < 4.78 is 35.8. The number of aromatic hydroxyl groups is 1. The number of phenolic OH excluding ortho intramolecular Hbond substituents is 1. The van der Waals surface area contributed by atoms with E-state index in [4.69, 9.17) is 10.8 Å². The van der Waals surface area contributed by atoms with E-state index in [0.29, 0.717) is 5.56 Å². The standard InChI is InChI=1S/C9H10F3NO.ClH/c10-9(11,12)5-8(13)6-1-3-7(14)4-2-6;/h1-4,8,14H,5,13H2;1H/t8-;/m0./s1. The van der Waals surface area contributed by atoms with Gasteiger partial charge >= 0.3 is 6.18 Å². The minimum absolute atomic E-state index is 0. The molecule has 0 spiro atoms. The first kappa shape index (κ1) is 14.1. The maximum atomic E-state index is 11.9. The molecule has 6 heteroatoms. The van der Waals surface area contributed by atoms with E-state index in [1.54, 1.807) is 0 Å². The maximum Gasteiger partial charge on any atom is 0.390 e. The van der Waals surface area contributed by atoms with E-state index in [0.717, 1.165) is 0 Å². The predicted octanol–water partition coefficient (Wildman–Crippen LogP) is 2.77. The second kappa shape index (κ2) is 5.23. The number of phenols is 1. The van der Waals surface area contributed by atoms with E-state index in [9.17, 15) is 13.2 Å². The van der Waals surface area contributed by atoms with Crippen LogP contribution >= 0.6 is 12.4 Å². The van der Waals surface area contributed by atoms with Crippen LogP contribution in [-0.2, 0) is 0 Å². The molecule has 2 nitrogen and oxygen atoms in total. The lowest BCUT2D eigenvalue weighted by Crippen LogP contribution is -2.20. The lowest BCUT2D eigenvalue weighted by atomic mass is 10.0. The number of halogens is 4. The third-order valence-electron chi connectivity index (χ3n) is 1.77. The van der Waals surface area contributed by atoms with Crippen molar-refractivity contribution < 1.29 is 18.3 Å². The van der Waals surface area contributed by atoms with Gasteiger partial charge < -0.3 is 10.8 Å². The van der Waals surface area contributed by atoms with Gasteiger partial charge in [0.2, 0.25) is 0 Å². The molecule has 1 aromatic rings.